The summed E-state index contributed by atoms with van der Waals surface area (Å²) < 4.78 is 27.0. The van der Waals surface area contributed by atoms with Gasteiger partial charge in [-0.15, -0.1) is 5.53 Å². The highest BCUT2D eigenvalue weighted by atomic mass is 19.1. The molecule has 1 fully saturated rings. The van der Waals surface area contributed by atoms with Gasteiger partial charge in [-0.2, -0.15) is 0 Å². The molecule has 238 valence electrons. The van der Waals surface area contributed by atoms with Gasteiger partial charge in [0.2, 0.25) is 11.8 Å². The van der Waals surface area contributed by atoms with Crippen molar-refractivity contribution in [2.45, 2.75) is 65.1 Å². The molecule has 1 saturated heterocycles. The van der Waals surface area contributed by atoms with E-state index < -0.39 is 17.5 Å². The van der Waals surface area contributed by atoms with Crippen molar-refractivity contribution in [3.05, 3.63) is 77.6 Å². The van der Waals surface area contributed by atoms with Gasteiger partial charge in [-0.05, 0) is 80.6 Å². The highest BCUT2D eigenvalue weighted by molar-refractivity contribution is 5.94. The van der Waals surface area contributed by atoms with Crippen molar-refractivity contribution in [2.24, 2.45) is 5.41 Å². The molecule has 44 heavy (non-hydrogen) atoms. The van der Waals surface area contributed by atoms with E-state index in [2.05, 4.69) is 21.6 Å². The molecule has 0 saturated carbocycles. The molecule has 2 aromatic rings. The Kier molecular flexibility index (Phi) is 10.6. The minimum Gasteiger partial charge on any atom is -0.342 e. The van der Waals surface area contributed by atoms with Gasteiger partial charge in [-0.25, -0.2) is 8.78 Å². The average molecular weight is 612 g/mol. The van der Waals surface area contributed by atoms with Crippen LogP contribution in [0.4, 0.5) is 14.5 Å². The first-order valence-electron chi connectivity index (χ1n) is 15.0. The highest BCUT2D eigenvalue weighted by Crippen LogP contribution is 2.27. The SMILES string of the molecule is CNC(C)C(=O)NC(C(=O)N1CCCC1CN(CCc1ccc(F)cc1)C(=O)C1=CN(c2ccc(F)cc2)NN1)C(C)(C)C. The zero-order valence-electron chi connectivity index (χ0n) is 26.0. The van der Waals surface area contributed by atoms with Crippen LogP contribution in [0.5, 0.6) is 0 Å². The van der Waals surface area contributed by atoms with Gasteiger partial charge in [0.05, 0.1) is 17.9 Å². The van der Waals surface area contributed by atoms with Crippen LogP contribution in [-0.4, -0.2) is 72.3 Å². The molecule has 12 heteroatoms. The Morgan fingerprint density at radius 1 is 1.05 bits per heavy atom. The number of carbonyl (C=O) groups excluding carboxylic acids is 3. The third-order valence-electron chi connectivity index (χ3n) is 8.09. The van der Waals surface area contributed by atoms with Crippen molar-refractivity contribution in [3.8, 4) is 0 Å². The number of rotatable bonds is 11. The molecule has 2 aromatic carbocycles. The summed E-state index contributed by atoms with van der Waals surface area (Å²) in [5.74, 6) is -1.42. The average Bonchev–Trinajstić information content (AvgIpc) is 3.68. The number of carbonyl (C=O) groups is 3. The molecule has 0 aromatic heterocycles. The molecule has 2 aliphatic heterocycles. The number of hydrogen-bond donors (Lipinski definition) is 4. The molecule has 3 unspecified atom stereocenters. The second-order valence-electron chi connectivity index (χ2n) is 12.4. The minimum absolute atomic E-state index is 0.176. The lowest BCUT2D eigenvalue weighted by Gasteiger charge is -2.37. The van der Waals surface area contributed by atoms with Gasteiger partial charge < -0.3 is 20.4 Å². The Labute approximate surface area is 257 Å². The molecular weight excluding hydrogens is 568 g/mol. The Bertz CT molecular complexity index is 1350. The summed E-state index contributed by atoms with van der Waals surface area (Å²) in [7, 11) is 1.69. The van der Waals surface area contributed by atoms with Gasteiger partial charge >= 0.3 is 0 Å². The van der Waals surface area contributed by atoms with Crippen molar-refractivity contribution in [3.63, 3.8) is 0 Å². The van der Waals surface area contributed by atoms with E-state index in [1.54, 1.807) is 59.2 Å². The number of hydrogen-bond acceptors (Lipinski definition) is 7. The minimum atomic E-state index is -0.748. The third-order valence-corrected chi connectivity index (χ3v) is 8.09. The topological polar surface area (TPSA) is 109 Å². The van der Waals surface area contributed by atoms with Crippen LogP contribution in [0.15, 0.2) is 60.4 Å². The zero-order chi connectivity index (χ0) is 32.0. The molecule has 4 N–H and O–H groups in total. The van der Waals surface area contributed by atoms with Crippen LogP contribution in [0.2, 0.25) is 0 Å². The first-order chi connectivity index (χ1) is 20.9. The maximum absolute atomic E-state index is 14.0. The molecule has 2 heterocycles. The number of nitrogens with one attached hydrogen (secondary N) is 4. The van der Waals surface area contributed by atoms with Crippen LogP contribution in [0.1, 0.15) is 46.1 Å². The second kappa shape index (κ2) is 14.2. The van der Waals surface area contributed by atoms with Crippen LogP contribution in [0.25, 0.3) is 0 Å². The summed E-state index contributed by atoms with van der Waals surface area (Å²) in [6.45, 7) is 8.62. The smallest absolute Gasteiger partial charge is 0.273 e. The van der Waals surface area contributed by atoms with E-state index in [1.165, 1.54) is 24.3 Å². The molecular formula is C32H43F2N7O3. The predicted octanol–water partition coefficient (Wildman–Crippen LogP) is 2.84. The van der Waals surface area contributed by atoms with Crippen LogP contribution < -0.4 is 26.6 Å². The van der Waals surface area contributed by atoms with E-state index in [0.717, 1.165) is 12.0 Å². The summed E-state index contributed by atoms with van der Waals surface area (Å²) in [5.41, 5.74) is 7.07. The fourth-order valence-corrected chi connectivity index (χ4v) is 5.31. The molecule has 0 spiro atoms. The Hall–Kier alpha value is -4.03. The summed E-state index contributed by atoms with van der Waals surface area (Å²) in [5, 5.41) is 7.44. The maximum Gasteiger partial charge on any atom is 0.273 e. The monoisotopic (exact) mass is 611 g/mol. The lowest BCUT2D eigenvalue weighted by molar-refractivity contribution is -0.141. The Morgan fingerprint density at radius 2 is 1.68 bits per heavy atom. The number of anilines is 1. The van der Waals surface area contributed by atoms with E-state index in [0.29, 0.717) is 31.6 Å². The van der Waals surface area contributed by atoms with Crippen LogP contribution in [0.3, 0.4) is 0 Å². The van der Waals surface area contributed by atoms with Crippen molar-refractivity contribution < 1.29 is 23.2 Å². The Morgan fingerprint density at radius 3 is 2.30 bits per heavy atom. The van der Waals surface area contributed by atoms with Gasteiger partial charge in [0.25, 0.3) is 5.91 Å². The van der Waals surface area contributed by atoms with Crippen molar-refractivity contribution >= 4 is 23.4 Å². The predicted molar refractivity (Wildman–Crippen MR) is 165 cm³/mol. The molecule has 2 aliphatic rings. The van der Waals surface area contributed by atoms with Gasteiger partial charge in [0.1, 0.15) is 23.4 Å². The Balaban J connectivity index is 1.54. The quantitative estimate of drug-likeness (QED) is 0.310. The van der Waals surface area contributed by atoms with E-state index in [9.17, 15) is 23.2 Å². The number of likely N-dealkylation sites (N-methyl/N-ethyl adjacent to an activating group) is 1. The van der Waals surface area contributed by atoms with E-state index >= 15 is 0 Å². The molecule has 10 nitrogen and oxygen atoms in total. The fraction of sp³-hybridized carbons (Fsp3) is 0.469. The van der Waals surface area contributed by atoms with Crippen molar-refractivity contribution in [2.75, 3.05) is 31.7 Å². The first-order valence-corrected chi connectivity index (χ1v) is 15.0. The molecule has 3 amide bonds. The van der Waals surface area contributed by atoms with Crippen molar-refractivity contribution in [1.29, 1.82) is 0 Å². The summed E-state index contributed by atoms with van der Waals surface area (Å²) >= 11 is 0. The number of nitrogens with zero attached hydrogens (tertiary/aromatic N) is 3. The molecule has 0 bridgehead atoms. The standard InChI is InChI=1S/C32H43F2N7O3/c1-21(35-5)29(42)36-28(32(2,3)4)31(44)40-17-6-7-26(40)19-39(18-16-22-8-10-23(33)11-9-22)30(43)27-20-41(38-37-27)25-14-12-24(34)13-15-25/h8-15,20-21,26,28,35,37-38H,6-7,16-19H2,1-5H3,(H,36,42). The van der Waals surface area contributed by atoms with Crippen LogP contribution in [0, 0.1) is 17.0 Å². The van der Waals surface area contributed by atoms with Gasteiger partial charge in [-0.3, -0.25) is 24.8 Å². The third kappa shape index (κ3) is 8.11. The lowest BCUT2D eigenvalue weighted by Crippen LogP contribution is -2.59. The molecule has 0 radical (unpaired) electrons. The van der Waals surface area contributed by atoms with E-state index in [1.807, 2.05) is 20.8 Å². The summed E-state index contributed by atoms with van der Waals surface area (Å²) in [6.07, 6.45) is 3.56. The van der Waals surface area contributed by atoms with Gasteiger partial charge in [0.15, 0.2) is 0 Å². The molecule has 0 aliphatic carbocycles. The maximum atomic E-state index is 14.0. The van der Waals surface area contributed by atoms with Crippen LogP contribution >= 0.6 is 0 Å². The van der Waals surface area contributed by atoms with Gasteiger partial charge in [0, 0.05) is 25.7 Å². The van der Waals surface area contributed by atoms with Crippen LogP contribution in [-0.2, 0) is 20.8 Å². The fourth-order valence-electron chi connectivity index (χ4n) is 5.31. The second-order valence-corrected chi connectivity index (χ2v) is 12.4. The number of benzene rings is 2. The van der Waals surface area contributed by atoms with Gasteiger partial charge in [-0.1, -0.05) is 32.9 Å². The number of likely N-dealkylation sites (tertiary alicyclic amines) is 1. The zero-order valence-corrected chi connectivity index (χ0v) is 26.0. The number of hydrazine groups is 2. The number of amides is 3. The normalized spacial score (nSPS) is 18.0. The van der Waals surface area contributed by atoms with E-state index in [4.69, 9.17) is 0 Å². The molecule has 4 rings (SSSR count). The lowest BCUT2D eigenvalue weighted by atomic mass is 9.85. The molecule has 3 atom stereocenters. The first kappa shape index (κ1) is 32.9. The van der Waals surface area contributed by atoms with E-state index in [-0.39, 0.29) is 47.6 Å². The summed E-state index contributed by atoms with van der Waals surface area (Å²) in [4.78, 5) is 44.1. The van der Waals surface area contributed by atoms with Crippen molar-refractivity contribution in [1.82, 2.24) is 31.4 Å². The number of halogens is 2. The summed E-state index contributed by atoms with van der Waals surface area (Å²) in [6, 6.07) is 10.5. The largest absolute Gasteiger partial charge is 0.342 e. The highest BCUT2D eigenvalue weighted by Gasteiger charge is 2.41.